The maximum Gasteiger partial charge on any atom is 0.329 e. The van der Waals surface area contributed by atoms with Crippen molar-refractivity contribution >= 4 is 11.9 Å². The number of aliphatic carboxylic acids is 1. The number of amides is 1. The van der Waals surface area contributed by atoms with Crippen molar-refractivity contribution in [3.8, 4) is 0 Å². The van der Waals surface area contributed by atoms with E-state index >= 15 is 0 Å². The summed E-state index contributed by atoms with van der Waals surface area (Å²) < 4.78 is 5.16. The van der Waals surface area contributed by atoms with Crippen LogP contribution in [0, 0.1) is 0 Å². The molecule has 0 saturated carbocycles. The minimum Gasteiger partial charge on any atom is -0.480 e. The molecule has 1 aliphatic heterocycles. The van der Waals surface area contributed by atoms with E-state index in [0.29, 0.717) is 13.2 Å². The number of carbonyl (C=O) groups is 2. The first kappa shape index (κ1) is 12.6. The molecule has 18 heavy (non-hydrogen) atoms. The third-order valence-corrected chi connectivity index (χ3v) is 2.94. The second-order valence-corrected chi connectivity index (χ2v) is 4.11. The fourth-order valence-electron chi connectivity index (χ4n) is 2.08. The van der Waals surface area contributed by atoms with Crippen LogP contribution in [0.25, 0.3) is 0 Å². The zero-order valence-electron chi connectivity index (χ0n) is 10.1. The van der Waals surface area contributed by atoms with E-state index in [0.717, 1.165) is 5.56 Å². The number of benzene rings is 1. The van der Waals surface area contributed by atoms with Crippen molar-refractivity contribution in [2.45, 2.75) is 25.6 Å². The number of carbonyl (C=O) groups excluding carboxylic acids is 1. The topological polar surface area (TPSA) is 66.8 Å². The van der Waals surface area contributed by atoms with Crippen LogP contribution >= 0.6 is 0 Å². The molecular weight excluding hydrogens is 234 g/mol. The third kappa shape index (κ3) is 2.22. The van der Waals surface area contributed by atoms with Crippen molar-refractivity contribution in [1.82, 2.24) is 4.90 Å². The van der Waals surface area contributed by atoms with Gasteiger partial charge in [0, 0.05) is 13.2 Å². The number of hydrogen-bond donors (Lipinski definition) is 1. The van der Waals surface area contributed by atoms with Crippen molar-refractivity contribution in [2.24, 2.45) is 0 Å². The molecule has 5 nitrogen and oxygen atoms in total. The zero-order chi connectivity index (χ0) is 13.1. The Balaban J connectivity index is 2.09. The van der Waals surface area contributed by atoms with E-state index in [-0.39, 0.29) is 5.91 Å². The molecule has 5 heteroatoms. The van der Waals surface area contributed by atoms with Gasteiger partial charge in [-0.25, -0.2) is 4.79 Å². The second kappa shape index (κ2) is 5.18. The fraction of sp³-hybridized carbons (Fsp3) is 0.385. The van der Waals surface area contributed by atoms with Gasteiger partial charge in [-0.15, -0.1) is 0 Å². The van der Waals surface area contributed by atoms with E-state index in [9.17, 15) is 9.59 Å². The molecule has 0 aromatic heterocycles. The molecule has 1 aliphatic rings. The predicted molar refractivity (Wildman–Crippen MR) is 63.8 cm³/mol. The summed E-state index contributed by atoms with van der Waals surface area (Å²) in [6.07, 6.45) is -0.837. The number of carboxylic acid groups (broad SMARTS) is 1. The largest absolute Gasteiger partial charge is 0.480 e. The van der Waals surface area contributed by atoms with Crippen LogP contribution in [-0.2, 0) is 20.9 Å². The normalized spacial score (nSPS) is 22.7. The molecule has 1 amide bonds. The van der Waals surface area contributed by atoms with Gasteiger partial charge < -0.3 is 14.7 Å². The number of likely N-dealkylation sites (tertiary alicyclic amines) is 1. The van der Waals surface area contributed by atoms with E-state index in [1.54, 1.807) is 6.92 Å². The first-order valence-electron chi connectivity index (χ1n) is 5.84. The SMILES string of the molecule is CCO[C@@H]1C(=O)N(Cc2ccccc2)[C@@H]1C(=O)O. The van der Waals surface area contributed by atoms with Crippen molar-refractivity contribution in [1.29, 1.82) is 0 Å². The lowest BCUT2D eigenvalue weighted by Gasteiger charge is -2.43. The van der Waals surface area contributed by atoms with E-state index in [2.05, 4.69) is 0 Å². The van der Waals surface area contributed by atoms with E-state index < -0.39 is 18.1 Å². The van der Waals surface area contributed by atoms with Crippen LogP contribution in [-0.4, -0.2) is 40.6 Å². The standard InChI is InChI=1S/C13H15NO4/c1-2-18-11-10(13(16)17)14(12(11)15)8-9-6-4-3-5-7-9/h3-7,10-11H,2,8H2,1H3,(H,16,17)/t10-,11-/m0/s1. The Kier molecular flexibility index (Phi) is 3.62. The van der Waals surface area contributed by atoms with Crippen molar-refractivity contribution in [2.75, 3.05) is 6.61 Å². The molecule has 2 atom stereocenters. The third-order valence-electron chi connectivity index (χ3n) is 2.94. The Morgan fingerprint density at radius 1 is 1.39 bits per heavy atom. The molecule has 1 aromatic carbocycles. The molecule has 0 unspecified atom stereocenters. The van der Waals surface area contributed by atoms with Gasteiger partial charge in [-0.05, 0) is 12.5 Å². The van der Waals surface area contributed by atoms with Crippen LogP contribution in [0.15, 0.2) is 30.3 Å². The summed E-state index contributed by atoms with van der Waals surface area (Å²) in [7, 11) is 0. The van der Waals surface area contributed by atoms with Gasteiger partial charge in [-0.2, -0.15) is 0 Å². The van der Waals surface area contributed by atoms with E-state index in [1.165, 1.54) is 4.90 Å². The Bertz CT molecular complexity index is 446. The first-order valence-corrected chi connectivity index (χ1v) is 5.84. The van der Waals surface area contributed by atoms with E-state index in [4.69, 9.17) is 9.84 Å². The molecule has 2 rings (SSSR count). The van der Waals surface area contributed by atoms with Crippen LogP contribution in [0.3, 0.4) is 0 Å². The Labute approximate surface area is 105 Å². The average Bonchev–Trinajstić information content (AvgIpc) is 2.37. The predicted octanol–water partition coefficient (Wildman–Crippen LogP) is 0.887. The van der Waals surface area contributed by atoms with Gasteiger partial charge in [0.1, 0.15) is 0 Å². The van der Waals surface area contributed by atoms with Gasteiger partial charge in [-0.3, -0.25) is 4.79 Å². The Morgan fingerprint density at radius 2 is 2.06 bits per heavy atom. The highest BCUT2D eigenvalue weighted by Gasteiger charge is 2.52. The van der Waals surface area contributed by atoms with Gasteiger partial charge in [0.15, 0.2) is 12.1 Å². The highest BCUT2D eigenvalue weighted by atomic mass is 16.5. The molecule has 1 heterocycles. The molecular formula is C13H15NO4. The highest BCUT2D eigenvalue weighted by molar-refractivity contribution is 5.98. The first-order chi connectivity index (χ1) is 8.65. The van der Waals surface area contributed by atoms with Gasteiger partial charge in [0.2, 0.25) is 0 Å². The summed E-state index contributed by atoms with van der Waals surface area (Å²) in [6.45, 7) is 2.38. The summed E-state index contributed by atoms with van der Waals surface area (Å²) in [5.41, 5.74) is 0.909. The molecule has 0 radical (unpaired) electrons. The summed E-state index contributed by atoms with van der Waals surface area (Å²) in [5.74, 6) is -1.28. The number of hydrogen-bond acceptors (Lipinski definition) is 3. The summed E-state index contributed by atoms with van der Waals surface area (Å²) in [5, 5.41) is 9.12. The maximum atomic E-state index is 11.8. The van der Waals surface area contributed by atoms with Crippen molar-refractivity contribution < 1.29 is 19.4 Å². The minimum atomic E-state index is -1.02. The quantitative estimate of drug-likeness (QED) is 0.787. The van der Waals surface area contributed by atoms with Crippen LogP contribution in [0.5, 0.6) is 0 Å². The van der Waals surface area contributed by atoms with Gasteiger partial charge >= 0.3 is 5.97 Å². The smallest absolute Gasteiger partial charge is 0.329 e. The zero-order valence-corrected chi connectivity index (χ0v) is 10.1. The molecule has 0 spiro atoms. The number of carboxylic acids is 1. The lowest BCUT2D eigenvalue weighted by Crippen LogP contribution is -2.68. The number of nitrogens with zero attached hydrogens (tertiary/aromatic N) is 1. The summed E-state index contributed by atoms with van der Waals surface area (Å²) in [4.78, 5) is 24.3. The fourth-order valence-corrected chi connectivity index (χ4v) is 2.08. The lowest BCUT2D eigenvalue weighted by atomic mass is 9.97. The summed E-state index contributed by atoms with van der Waals surface area (Å²) >= 11 is 0. The van der Waals surface area contributed by atoms with Crippen molar-refractivity contribution in [3.63, 3.8) is 0 Å². The molecule has 1 aromatic rings. The van der Waals surface area contributed by atoms with Gasteiger partial charge in [0.25, 0.3) is 5.91 Å². The van der Waals surface area contributed by atoms with Crippen LogP contribution in [0.4, 0.5) is 0 Å². The lowest BCUT2D eigenvalue weighted by molar-refractivity contribution is -0.186. The van der Waals surface area contributed by atoms with Crippen molar-refractivity contribution in [3.05, 3.63) is 35.9 Å². The summed E-state index contributed by atoms with van der Waals surface area (Å²) in [6, 6.07) is 8.43. The molecule has 1 fully saturated rings. The second-order valence-electron chi connectivity index (χ2n) is 4.11. The number of β-lactam (4-membered cyclic amide) rings is 1. The average molecular weight is 249 g/mol. The maximum absolute atomic E-state index is 11.8. The van der Waals surface area contributed by atoms with Gasteiger partial charge in [0.05, 0.1) is 0 Å². The number of rotatable bonds is 5. The monoisotopic (exact) mass is 249 g/mol. The molecule has 1 saturated heterocycles. The molecule has 0 aliphatic carbocycles. The Morgan fingerprint density at radius 3 is 2.61 bits per heavy atom. The molecule has 0 bridgehead atoms. The molecule has 96 valence electrons. The highest BCUT2D eigenvalue weighted by Crippen LogP contribution is 2.25. The van der Waals surface area contributed by atoms with E-state index in [1.807, 2.05) is 30.3 Å². The van der Waals surface area contributed by atoms with Crippen LogP contribution in [0.1, 0.15) is 12.5 Å². The minimum absolute atomic E-state index is 0.256. The van der Waals surface area contributed by atoms with Crippen LogP contribution in [0.2, 0.25) is 0 Å². The Hall–Kier alpha value is -1.88. The van der Waals surface area contributed by atoms with Gasteiger partial charge in [-0.1, -0.05) is 30.3 Å². The molecule has 1 N–H and O–H groups in total. The van der Waals surface area contributed by atoms with Crippen LogP contribution < -0.4 is 0 Å². The number of ether oxygens (including phenoxy) is 1.